The first-order chi connectivity index (χ1) is 7.61. The Hall–Kier alpha value is -0.683. The standard InChI is InChI=1S/C11H22O4Si/c1-4-6-7-8-9-10(12)11(13)15-16(3)14-5-2/h16H,4-9H2,1-3H3. The monoisotopic (exact) mass is 246 g/mol. The van der Waals surface area contributed by atoms with Crippen molar-refractivity contribution >= 4 is 21.0 Å². The maximum absolute atomic E-state index is 11.3. The lowest BCUT2D eigenvalue weighted by molar-refractivity contribution is -0.148. The Balaban J connectivity index is 3.69. The van der Waals surface area contributed by atoms with Crippen molar-refractivity contribution in [2.45, 2.75) is 52.5 Å². The molecule has 16 heavy (non-hydrogen) atoms. The minimum Gasteiger partial charge on any atom is -0.491 e. The predicted molar refractivity (Wildman–Crippen MR) is 64.5 cm³/mol. The summed E-state index contributed by atoms with van der Waals surface area (Å²) in [5.41, 5.74) is 0. The van der Waals surface area contributed by atoms with E-state index in [1.807, 2.05) is 6.92 Å². The van der Waals surface area contributed by atoms with Crippen LogP contribution in [0.3, 0.4) is 0 Å². The number of hydrogen-bond acceptors (Lipinski definition) is 4. The van der Waals surface area contributed by atoms with Crippen LogP contribution in [0, 0.1) is 0 Å². The molecule has 0 amide bonds. The Labute approximate surface area is 99.2 Å². The third kappa shape index (κ3) is 7.59. The molecule has 0 aromatic carbocycles. The molecular weight excluding hydrogens is 224 g/mol. The van der Waals surface area contributed by atoms with E-state index in [-0.39, 0.29) is 0 Å². The molecule has 5 heteroatoms. The molecule has 0 rings (SSSR count). The van der Waals surface area contributed by atoms with Crippen molar-refractivity contribution in [1.29, 1.82) is 0 Å². The molecule has 0 bridgehead atoms. The van der Waals surface area contributed by atoms with Crippen LogP contribution in [0.2, 0.25) is 6.55 Å². The van der Waals surface area contributed by atoms with Crippen molar-refractivity contribution in [1.82, 2.24) is 0 Å². The zero-order valence-corrected chi connectivity index (χ0v) is 11.6. The van der Waals surface area contributed by atoms with E-state index in [2.05, 4.69) is 6.92 Å². The van der Waals surface area contributed by atoms with Gasteiger partial charge >= 0.3 is 15.3 Å². The number of carbonyl (C=O) groups excluding carboxylic acids is 2. The zero-order chi connectivity index (χ0) is 12.4. The van der Waals surface area contributed by atoms with Gasteiger partial charge in [0.1, 0.15) is 0 Å². The molecule has 1 unspecified atom stereocenters. The van der Waals surface area contributed by atoms with E-state index in [1.165, 1.54) is 0 Å². The average molecular weight is 246 g/mol. The van der Waals surface area contributed by atoms with Gasteiger partial charge in [-0.25, -0.2) is 4.79 Å². The number of carbonyl (C=O) groups is 2. The maximum atomic E-state index is 11.3. The molecule has 0 saturated carbocycles. The van der Waals surface area contributed by atoms with Crippen LogP contribution < -0.4 is 0 Å². The van der Waals surface area contributed by atoms with Gasteiger partial charge in [0.05, 0.1) is 0 Å². The van der Waals surface area contributed by atoms with Crippen molar-refractivity contribution in [2.24, 2.45) is 0 Å². The minimum atomic E-state index is -1.93. The van der Waals surface area contributed by atoms with E-state index < -0.39 is 21.0 Å². The van der Waals surface area contributed by atoms with E-state index in [0.29, 0.717) is 13.0 Å². The molecule has 0 aromatic rings. The molecule has 0 radical (unpaired) electrons. The fourth-order valence-electron chi connectivity index (χ4n) is 1.30. The van der Waals surface area contributed by atoms with Gasteiger partial charge in [0, 0.05) is 13.0 Å². The Morgan fingerprint density at radius 3 is 2.38 bits per heavy atom. The molecule has 0 heterocycles. The lowest BCUT2D eigenvalue weighted by Gasteiger charge is -2.10. The quantitative estimate of drug-likeness (QED) is 0.354. The summed E-state index contributed by atoms with van der Waals surface area (Å²) in [6.45, 7) is 6.20. The highest BCUT2D eigenvalue weighted by molar-refractivity contribution is 6.50. The zero-order valence-electron chi connectivity index (χ0n) is 10.5. The van der Waals surface area contributed by atoms with E-state index in [4.69, 9.17) is 8.85 Å². The lowest BCUT2D eigenvalue weighted by Crippen LogP contribution is -2.27. The summed E-state index contributed by atoms with van der Waals surface area (Å²) in [6.07, 6.45) is 4.28. The average Bonchev–Trinajstić information content (AvgIpc) is 2.24. The van der Waals surface area contributed by atoms with Crippen LogP contribution in [0.25, 0.3) is 0 Å². The van der Waals surface area contributed by atoms with Crippen LogP contribution in [-0.2, 0) is 18.4 Å². The van der Waals surface area contributed by atoms with Gasteiger partial charge in [-0.15, -0.1) is 0 Å². The molecule has 0 aliphatic carbocycles. The third-order valence-corrected chi connectivity index (χ3v) is 3.51. The largest absolute Gasteiger partial charge is 0.491 e. The fraction of sp³-hybridized carbons (Fsp3) is 0.818. The molecule has 1 atom stereocenters. The number of unbranched alkanes of at least 4 members (excludes halogenated alkanes) is 3. The summed E-state index contributed by atoms with van der Waals surface area (Å²) in [5.74, 6) is -1.14. The Bertz CT molecular complexity index is 218. The van der Waals surface area contributed by atoms with Crippen molar-refractivity contribution in [2.75, 3.05) is 6.61 Å². The van der Waals surface area contributed by atoms with Crippen molar-refractivity contribution in [3.05, 3.63) is 0 Å². The first-order valence-corrected chi connectivity index (χ1v) is 8.07. The van der Waals surface area contributed by atoms with Crippen LogP contribution in [0.4, 0.5) is 0 Å². The first kappa shape index (κ1) is 15.3. The second-order valence-corrected chi connectivity index (χ2v) is 5.37. The Morgan fingerprint density at radius 1 is 1.12 bits per heavy atom. The normalized spacial score (nSPS) is 12.2. The summed E-state index contributed by atoms with van der Waals surface area (Å²) < 4.78 is 10.1. The van der Waals surface area contributed by atoms with Crippen molar-refractivity contribution in [3.63, 3.8) is 0 Å². The van der Waals surface area contributed by atoms with Gasteiger partial charge in [-0.05, 0) is 19.9 Å². The van der Waals surface area contributed by atoms with Gasteiger partial charge in [-0.1, -0.05) is 26.2 Å². The molecular formula is C11H22O4Si. The molecule has 0 aliphatic rings. The minimum absolute atomic E-state index is 0.298. The van der Waals surface area contributed by atoms with Gasteiger partial charge in [0.2, 0.25) is 5.78 Å². The van der Waals surface area contributed by atoms with Crippen LogP contribution in [0.15, 0.2) is 0 Å². The van der Waals surface area contributed by atoms with Crippen LogP contribution >= 0.6 is 0 Å². The molecule has 0 saturated heterocycles. The molecule has 0 spiro atoms. The van der Waals surface area contributed by atoms with Crippen molar-refractivity contribution in [3.8, 4) is 0 Å². The van der Waals surface area contributed by atoms with Gasteiger partial charge in [-0.3, -0.25) is 4.79 Å². The van der Waals surface area contributed by atoms with Gasteiger partial charge in [0.15, 0.2) is 0 Å². The van der Waals surface area contributed by atoms with Crippen LogP contribution in [0.1, 0.15) is 46.0 Å². The highest BCUT2D eigenvalue weighted by Crippen LogP contribution is 2.04. The third-order valence-electron chi connectivity index (χ3n) is 2.16. The van der Waals surface area contributed by atoms with E-state index in [9.17, 15) is 9.59 Å². The molecule has 0 N–H and O–H groups in total. The summed E-state index contributed by atoms with van der Waals surface area (Å²) in [5, 5.41) is 0. The predicted octanol–water partition coefficient (Wildman–Crippen LogP) is 1.96. The first-order valence-electron chi connectivity index (χ1n) is 5.97. The van der Waals surface area contributed by atoms with Gasteiger partial charge in [0.25, 0.3) is 0 Å². The van der Waals surface area contributed by atoms with Gasteiger partial charge in [-0.2, -0.15) is 0 Å². The summed E-state index contributed by atoms with van der Waals surface area (Å²) >= 11 is 0. The maximum Gasteiger partial charge on any atom is 0.382 e. The highest BCUT2D eigenvalue weighted by atomic mass is 28.3. The number of Topliss-reactive ketones (excluding diaryl/α,β-unsaturated/α-hetero) is 1. The second-order valence-electron chi connectivity index (χ2n) is 3.66. The lowest BCUT2D eigenvalue weighted by atomic mass is 10.1. The van der Waals surface area contributed by atoms with Crippen LogP contribution in [0.5, 0.6) is 0 Å². The number of hydrogen-bond donors (Lipinski definition) is 0. The Morgan fingerprint density at radius 2 is 1.81 bits per heavy atom. The molecule has 0 aromatic heterocycles. The number of ketones is 1. The summed E-state index contributed by atoms with van der Waals surface area (Å²) in [6, 6.07) is 0. The molecule has 0 aliphatic heterocycles. The van der Waals surface area contributed by atoms with Crippen LogP contribution in [-0.4, -0.2) is 27.6 Å². The van der Waals surface area contributed by atoms with Crippen molar-refractivity contribution < 1.29 is 18.4 Å². The molecule has 0 fully saturated rings. The SMILES string of the molecule is CCCCCCC(=O)C(=O)O[SiH](C)OCC. The second kappa shape index (κ2) is 9.54. The topological polar surface area (TPSA) is 52.6 Å². The fourth-order valence-corrected chi connectivity index (χ4v) is 2.27. The smallest absolute Gasteiger partial charge is 0.382 e. The number of rotatable bonds is 9. The van der Waals surface area contributed by atoms with E-state index in [1.54, 1.807) is 6.55 Å². The Kier molecular flexibility index (Phi) is 9.13. The van der Waals surface area contributed by atoms with E-state index >= 15 is 0 Å². The molecule has 94 valence electrons. The highest BCUT2D eigenvalue weighted by Gasteiger charge is 2.18. The van der Waals surface area contributed by atoms with E-state index in [0.717, 1.165) is 25.7 Å². The van der Waals surface area contributed by atoms with Gasteiger partial charge < -0.3 is 8.85 Å². The summed E-state index contributed by atoms with van der Waals surface area (Å²) in [4.78, 5) is 22.6. The molecule has 4 nitrogen and oxygen atoms in total. The summed E-state index contributed by atoms with van der Waals surface area (Å²) in [7, 11) is -1.93.